The third-order valence-corrected chi connectivity index (χ3v) is 3.01. The van der Waals surface area contributed by atoms with Crippen LogP contribution in [0.4, 0.5) is 5.69 Å². The maximum atomic E-state index is 10.7. The van der Waals surface area contributed by atoms with Gasteiger partial charge in [0.15, 0.2) is 6.23 Å². The molecule has 0 saturated carbocycles. The minimum atomic E-state index is -0.642. The van der Waals surface area contributed by atoms with Crippen molar-refractivity contribution in [1.82, 2.24) is 9.78 Å². The van der Waals surface area contributed by atoms with Crippen LogP contribution >= 0.6 is 23.2 Å². The molecule has 1 aromatic rings. The Morgan fingerprint density at radius 1 is 1.50 bits per heavy atom. The molecular formula is C8H9Cl2N3O3. The first kappa shape index (κ1) is 11.6. The van der Waals surface area contributed by atoms with E-state index in [-0.39, 0.29) is 22.2 Å². The SMILES string of the molecule is O=[N+]([O-])c1c(Cl)nn(C2CCCCO2)c1Cl. The maximum Gasteiger partial charge on any atom is 0.344 e. The second kappa shape index (κ2) is 4.57. The van der Waals surface area contributed by atoms with Crippen molar-refractivity contribution < 1.29 is 9.66 Å². The van der Waals surface area contributed by atoms with Crippen molar-refractivity contribution in [2.45, 2.75) is 25.5 Å². The van der Waals surface area contributed by atoms with Crippen LogP contribution in [0, 0.1) is 10.1 Å². The molecule has 0 aromatic carbocycles. The van der Waals surface area contributed by atoms with Gasteiger partial charge in [-0.3, -0.25) is 10.1 Å². The number of aromatic nitrogens is 2. The zero-order valence-electron chi connectivity index (χ0n) is 8.23. The highest BCUT2D eigenvalue weighted by atomic mass is 35.5. The van der Waals surface area contributed by atoms with Crippen LogP contribution < -0.4 is 0 Å². The Morgan fingerprint density at radius 2 is 2.25 bits per heavy atom. The maximum absolute atomic E-state index is 10.7. The molecule has 1 aromatic heterocycles. The smallest absolute Gasteiger partial charge is 0.344 e. The summed E-state index contributed by atoms with van der Waals surface area (Å²) in [5, 5.41) is 14.2. The molecule has 1 atom stereocenters. The highest BCUT2D eigenvalue weighted by Gasteiger charge is 2.29. The van der Waals surface area contributed by atoms with Gasteiger partial charge >= 0.3 is 5.69 Å². The Bertz CT molecular complexity index is 415. The molecule has 8 heteroatoms. The average Bonchev–Trinajstić information content (AvgIpc) is 2.55. The Morgan fingerprint density at radius 3 is 2.75 bits per heavy atom. The molecule has 0 bridgehead atoms. The molecule has 1 unspecified atom stereocenters. The predicted molar refractivity (Wildman–Crippen MR) is 57.7 cm³/mol. The Hall–Kier alpha value is -0.850. The van der Waals surface area contributed by atoms with Crippen LogP contribution in [-0.4, -0.2) is 21.3 Å². The zero-order chi connectivity index (χ0) is 11.7. The molecule has 0 spiro atoms. The van der Waals surface area contributed by atoms with Crippen LogP contribution in [0.2, 0.25) is 10.3 Å². The number of rotatable bonds is 2. The number of halogens is 2. The minimum absolute atomic E-state index is 0.0816. The van der Waals surface area contributed by atoms with Gasteiger partial charge in [-0.05, 0) is 19.3 Å². The first-order valence-electron chi connectivity index (χ1n) is 4.80. The lowest BCUT2D eigenvalue weighted by Gasteiger charge is -2.22. The summed E-state index contributed by atoms with van der Waals surface area (Å²) in [6.07, 6.45) is 2.33. The third-order valence-electron chi connectivity index (χ3n) is 2.40. The second-order valence-electron chi connectivity index (χ2n) is 3.45. The first-order valence-corrected chi connectivity index (χ1v) is 5.56. The minimum Gasteiger partial charge on any atom is -0.356 e. The number of ether oxygens (including phenoxy) is 1. The summed E-state index contributed by atoms with van der Waals surface area (Å²) in [7, 11) is 0. The van der Waals surface area contributed by atoms with E-state index in [4.69, 9.17) is 27.9 Å². The summed E-state index contributed by atoms with van der Waals surface area (Å²) in [5.41, 5.74) is -0.363. The van der Waals surface area contributed by atoms with Crippen molar-refractivity contribution in [1.29, 1.82) is 0 Å². The van der Waals surface area contributed by atoms with E-state index in [0.717, 1.165) is 19.3 Å². The standard InChI is InChI=1S/C8H9Cl2N3O3/c9-7-6(13(14)15)8(10)12(11-7)5-3-1-2-4-16-5/h5H,1-4H2. The first-order chi connectivity index (χ1) is 7.61. The van der Waals surface area contributed by atoms with Gasteiger partial charge in [0.05, 0.1) is 4.92 Å². The summed E-state index contributed by atoms with van der Waals surface area (Å²) in [4.78, 5) is 10.0. The monoisotopic (exact) mass is 265 g/mol. The van der Waals surface area contributed by atoms with Gasteiger partial charge in [0.2, 0.25) is 10.3 Å². The van der Waals surface area contributed by atoms with Crippen molar-refractivity contribution in [3.8, 4) is 0 Å². The van der Waals surface area contributed by atoms with E-state index >= 15 is 0 Å². The molecule has 1 fully saturated rings. The molecule has 88 valence electrons. The van der Waals surface area contributed by atoms with Gasteiger partial charge in [0.1, 0.15) is 0 Å². The molecule has 1 saturated heterocycles. The Balaban J connectivity index is 2.34. The van der Waals surface area contributed by atoms with Crippen LogP contribution in [0.5, 0.6) is 0 Å². The lowest BCUT2D eigenvalue weighted by molar-refractivity contribution is -0.384. The van der Waals surface area contributed by atoms with Gasteiger partial charge < -0.3 is 4.74 Å². The van der Waals surface area contributed by atoms with Gasteiger partial charge in [0, 0.05) is 6.61 Å². The average molecular weight is 266 g/mol. The highest BCUT2D eigenvalue weighted by Crippen LogP contribution is 2.35. The van der Waals surface area contributed by atoms with E-state index in [1.165, 1.54) is 4.68 Å². The normalized spacial score (nSPS) is 21.0. The van der Waals surface area contributed by atoms with Crippen LogP contribution in [-0.2, 0) is 4.74 Å². The Kier molecular flexibility index (Phi) is 3.32. The van der Waals surface area contributed by atoms with Crippen LogP contribution in [0.1, 0.15) is 25.5 Å². The largest absolute Gasteiger partial charge is 0.356 e. The van der Waals surface area contributed by atoms with E-state index in [1.54, 1.807) is 0 Å². The fourth-order valence-electron chi connectivity index (χ4n) is 1.64. The molecule has 2 heterocycles. The van der Waals surface area contributed by atoms with Crippen LogP contribution in [0.25, 0.3) is 0 Å². The van der Waals surface area contributed by atoms with Gasteiger partial charge in [-0.2, -0.15) is 0 Å². The molecule has 0 aliphatic carbocycles. The number of nitro groups is 1. The van der Waals surface area contributed by atoms with E-state index in [1.807, 2.05) is 0 Å². The van der Waals surface area contributed by atoms with Crippen molar-refractivity contribution in [3.63, 3.8) is 0 Å². The molecule has 6 nitrogen and oxygen atoms in total. The van der Waals surface area contributed by atoms with E-state index in [9.17, 15) is 10.1 Å². The predicted octanol–water partition coefficient (Wildman–Crippen LogP) is 2.80. The summed E-state index contributed by atoms with van der Waals surface area (Å²) < 4.78 is 6.71. The quantitative estimate of drug-likeness (QED) is 0.609. The summed E-state index contributed by atoms with van der Waals surface area (Å²) >= 11 is 11.5. The fourth-order valence-corrected chi connectivity index (χ4v) is 2.23. The Labute approximate surface area is 101 Å². The summed E-state index contributed by atoms with van der Waals surface area (Å²) in [6, 6.07) is 0. The van der Waals surface area contributed by atoms with E-state index < -0.39 is 4.92 Å². The van der Waals surface area contributed by atoms with Crippen molar-refractivity contribution in [2.24, 2.45) is 0 Å². The molecule has 1 aliphatic heterocycles. The lowest BCUT2D eigenvalue weighted by atomic mass is 10.2. The molecule has 2 rings (SSSR count). The van der Waals surface area contributed by atoms with Gasteiger partial charge in [-0.1, -0.05) is 23.2 Å². The van der Waals surface area contributed by atoms with Gasteiger partial charge in [-0.25, -0.2) is 4.68 Å². The zero-order valence-corrected chi connectivity index (χ0v) is 9.74. The number of hydrogen-bond donors (Lipinski definition) is 0. The van der Waals surface area contributed by atoms with Gasteiger partial charge in [0.25, 0.3) is 0 Å². The van der Waals surface area contributed by atoms with Crippen molar-refractivity contribution in [2.75, 3.05) is 6.61 Å². The summed E-state index contributed by atoms with van der Waals surface area (Å²) in [5.74, 6) is 0. The number of hydrogen-bond acceptors (Lipinski definition) is 4. The lowest BCUT2D eigenvalue weighted by Crippen LogP contribution is -2.19. The summed E-state index contributed by atoms with van der Waals surface area (Å²) in [6.45, 7) is 0.603. The van der Waals surface area contributed by atoms with Crippen molar-refractivity contribution >= 4 is 28.9 Å². The van der Waals surface area contributed by atoms with E-state index in [2.05, 4.69) is 5.10 Å². The fraction of sp³-hybridized carbons (Fsp3) is 0.625. The van der Waals surface area contributed by atoms with Crippen molar-refractivity contribution in [3.05, 3.63) is 20.4 Å². The van der Waals surface area contributed by atoms with Crippen LogP contribution in [0.15, 0.2) is 0 Å². The molecule has 0 N–H and O–H groups in total. The molecule has 0 radical (unpaired) electrons. The second-order valence-corrected chi connectivity index (χ2v) is 4.17. The highest BCUT2D eigenvalue weighted by molar-refractivity contribution is 6.37. The molecule has 0 amide bonds. The van der Waals surface area contributed by atoms with Crippen LogP contribution in [0.3, 0.4) is 0 Å². The van der Waals surface area contributed by atoms with E-state index in [0.29, 0.717) is 6.61 Å². The molecule has 16 heavy (non-hydrogen) atoms. The third kappa shape index (κ3) is 2.00. The number of nitrogens with zero attached hydrogens (tertiary/aromatic N) is 3. The molecular weight excluding hydrogens is 257 g/mol. The topological polar surface area (TPSA) is 70.2 Å². The van der Waals surface area contributed by atoms with Gasteiger partial charge in [-0.15, -0.1) is 5.10 Å². The molecule has 1 aliphatic rings.